The van der Waals surface area contributed by atoms with Gasteiger partial charge in [-0.25, -0.2) is 13.6 Å². The second kappa shape index (κ2) is 7.80. The van der Waals surface area contributed by atoms with E-state index < -0.39 is 23.4 Å². The molecule has 1 saturated heterocycles. The number of hydrogen-bond donors (Lipinski definition) is 1. The summed E-state index contributed by atoms with van der Waals surface area (Å²) >= 11 is 0. The minimum atomic E-state index is -0.806. The van der Waals surface area contributed by atoms with E-state index in [2.05, 4.69) is 5.32 Å². The molecule has 136 valence electrons. The maximum atomic E-state index is 13.6. The fourth-order valence-corrected chi connectivity index (χ4v) is 3.54. The number of hydrogen-bond acceptors (Lipinski definition) is 2. The number of nitrogens with one attached hydrogen (secondary N) is 1. The summed E-state index contributed by atoms with van der Waals surface area (Å²) in [6, 6.07) is 2.89. The van der Waals surface area contributed by atoms with Crippen LogP contribution in [0.3, 0.4) is 0 Å². The Kier molecular flexibility index (Phi) is 5.50. The summed E-state index contributed by atoms with van der Waals surface area (Å²) in [6.07, 6.45) is 5.31. The number of benzene rings is 1. The monoisotopic (exact) mass is 351 g/mol. The van der Waals surface area contributed by atoms with Gasteiger partial charge in [-0.05, 0) is 25.0 Å². The topological polar surface area (TPSA) is 52.7 Å². The Morgan fingerprint density at radius 3 is 2.08 bits per heavy atom. The van der Waals surface area contributed by atoms with Gasteiger partial charge >= 0.3 is 6.03 Å². The molecule has 0 aromatic heterocycles. The van der Waals surface area contributed by atoms with Crippen LogP contribution in [0.4, 0.5) is 19.3 Å². The fourth-order valence-electron chi connectivity index (χ4n) is 3.54. The normalized spacial score (nSPS) is 19.0. The summed E-state index contributed by atoms with van der Waals surface area (Å²) in [4.78, 5) is 28.0. The first-order chi connectivity index (χ1) is 12.1. The van der Waals surface area contributed by atoms with Crippen LogP contribution in [-0.4, -0.2) is 47.9 Å². The number of anilines is 1. The van der Waals surface area contributed by atoms with Crippen LogP contribution in [0.15, 0.2) is 18.2 Å². The van der Waals surface area contributed by atoms with Crippen molar-refractivity contribution < 1.29 is 18.4 Å². The molecule has 1 aliphatic heterocycles. The van der Waals surface area contributed by atoms with Crippen LogP contribution in [0.5, 0.6) is 0 Å². The SMILES string of the molecule is O=C(Nc1c(F)cccc1F)N1CCN(C(=O)C2CCCCC2)CC1. The fraction of sp³-hybridized carbons (Fsp3) is 0.556. The van der Waals surface area contributed by atoms with E-state index in [0.717, 1.165) is 37.8 Å². The Bertz CT molecular complexity index is 619. The lowest BCUT2D eigenvalue weighted by Crippen LogP contribution is -2.53. The predicted molar refractivity (Wildman–Crippen MR) is 90.1 cm³/mol. The number of carbonyl (C=O) groups excluding carboxylic acids is 2. The molecule has 0 bridgehead atoms. The smallest absolute Gasteiger partial charge is 0.322 e. The first kappa shape index (κ1) is 17.6. The first-order valence-electron chi connectivity index (χ1n) is 8.85. The molecule has 0 radical (unpaired) electrons. The molecule has 0 spiro atoms. The third kappa shape index (κ3) is 4.08. The highest BCUT2D eigenvalue weighted by Gasteiger charge is 2.30. The second-order valence-electron chi connectivity index (χ2n) is 6.67. The number of rotatable bonds is 2. The number of carbonyl (C=O) groups is 2. The van der Waals surface area contributed by atoms with E-state index in [1.54, 1.807) is 0 Å². The number of para-hydroxylation sites is 1. The van der Waals surface area contributed by atoms with E-state index in [0.29, 0.717) is 26.2 Å². The Morgan fingerprint density at radius 2 is 1.48 bits per heavy atom. The number of amides is 3. The van der Waals surface area contributed by atoms with Gasteiger partial charge < -0.3 is 15.1 Å². The first-order valence-corrected chi connectivity index (χ1v) is 8.85. The number of nitrogens with zero attached hydrogens (tertiary/aromatic N) is 2. The summed E-state index contributed by atoms with van der Waals surface area (Å²) in [6.45, 7) is 1.64. The predicted octanol–water partition coefficient (Wildman–Crippen LogP) is 3.22. The molecule has 1 aromatic rings. The molecule has 7 heteroatoms. The van der Waals surface area contributed by atoms with E-state index in [-0.39, 0.29) is 11.8 Å². The van der Waals surface area contributed by atoms with Gasteiger partial charge in [0.25, 0.3) is 0 Å². The van der Waals surface area contributed by atoms with Crippen molar-refractivity contribution in [3.8, 4) is 0 Å². The lowest BCUT2D eigenvalue weighted by molar-refractivity contribution is -0.137. The molecule has 0 unspecified atom stereocenters. The van der Waals surface area contributed by atoms with Crippen molar-refractivity contribution in [1.29, 1.82) is 0 Å². The van der Waals surface area contributed by atoms with Crippen LogP contribution in [0.1, 0.15) is 32.1 Å². The molecule has 3 amide bonds. The molecular formula is C18H23F2N3O2. The van der Waals surface area contributed by atoms with Crippen LogP contribution in [0, 0.1) is 17.6 Å². The van der Waals surface area contributed by atoms with Crippen molar-refractivity contribution in [2.45, 2.75) is 32.1 Å². The van der Waals surface area contributed by atoms with Crippen LogP contribution in [0.2, 0.25) is 0 Å². The van der Waals surface area contributed by atoms with Gasteiger partial charge in [0.05, 0.1) is 0 Å². The molecule has 1 heterocycles. The van der Waals surface area contributed by atoms with E-state index in [1.165, 1.54) is 17.4 Å². The maximum absolute atomic E-state index is 13.6. The van der Waals surface area contributed by atoms with E-state index in [4.69, 9.17) is 0 Å². The summed E-state index contributed by atoms with van der Waals surface area (Å²) in [5, 5.41) is 2.29. The zero-order valence-corrected chi connectivity index (χ0v) is 14.1. The van der Waals surface area contributed by atoms with Crippen LogP contribution >= 0.6 is 0 Å². The van der Waals surface area contributed by atoms with Gasteiger partial charge in [0.2, 0.25) is 5.91 Å². The third-order valence-corrected chi connectivity index (χ3v) is 5.03. The quantitative estimate of drug-likeness (QED) is 0.889. The maximum Gasteiger partial charge on any atom is 0.322 e. The number of piperazine rings is 1. The van der Waals surface area contributed by atoms with Crippen molar-refractivity contribution in [2.75, 3.05) is 31.5 Å². The van der Waals surface area contributed by atoms with Crippen molar-refractivity contribution in [1.82, 2.24) is 9.80 Å². The molecule has 2 fully saturated rings. The highest BCUT2D eigenvalue weighted by atomic mass is 19.1. The van der Waals surface area contributed by atoms with Gasteiger partial charge in [-0.3, -0.25) is 4.79 Å². The Hall–Kier alpha value is -2.18. The van der Waals surface area contributed by atoms with E-state index in [9.17, 15) is 18.4 Å². The molecule has 1 saturated carbocycles. The largest absolute Gasteiger partial charge is 0.339 e. The molecule has 1 aromatic carbocycles. The van der Waals surface area contributed by atoms with Gasteiger partial charge in [-0.15, -0.1) is 0 Å². The Labute approximate surface area is 146 Å². The Balaban J connectivity index is 1.53. The molecule has 0 atom stereocenters. The Morgan fingerprint density at radius 1 is 0.920 bits per heavy atom. The highest BCUT2D eigenvalue weighted by molar-refractivity contribution is 5.90. The summed E-state index contributed by atoms with van der Waals surface area (Å²) in [5.41, 5.74) is -0.437. The lowest BCUT2D eigenvalue weighted by Gasteiger charge is -2.37. The van der Waals surface area contributed by atoms with Crippen molar-refractivity contribution in [2.24, 2.45) is 5.92 Å². The number of halogens is 2. The standard InChI is InChI=1S/C18H23F2N3O2/c19-14-7-4-8-15(20)16(14)21-18(25)23-11-9-22(10-12-23)17(24)13-5-2-1-3-6-13/h4,7-8,13H,1-3,5-6,9-12H2,(H,21,25). The third-order valence-electron chi connectivity index (χ3n) is 5.03. The highest BCUT2D eigenvalue weighted by Crippen LogP contribution is 2.26. The van der Waals surface area contributed by atoms with Crippen molar-refractivity contribution in [3.05, 3.63) is 29.8 Å². The molecule has 5 nitrogen and oxygen atoms in total. The summed E-state index contributed by atoms with van der Waals surface area (Å²) < 4.78 is 27.3. The van der Waals surface area contributed by atoms with Gasteiger partial charge in [-0.2, -0.15) is 0 Å². The molecular weight excluding hydrogens is 328 g/mol. The van der Waals surface area contributed by atoms with Crippen molar-refractivity contribution in [3.63, 3.8) is 0 Å². The van der Waals surface area contributed by atoms with Gasteiger partial charge in [0.15, 0.2) is 0 Å². The van der Waals surface area contributed by atoms with Gasteiger partial charge in [0.1, 0.15) is 17.3 Å². The molecule has 1 N–H and O–H groups in total. The van der Waals surface area contributed by atoms with Crippen LogP contribution in [-0.2, 0) is 4.79 Å². The molecule has 2 aliphatic rings. The van der Waals surface area contributed by atoms with Crippen LogP contribution in [0.25, 0.3) is 0 Å². The summed E-state index contributed by atoms with van der Waals surface area (Å²) in [7, 11) is 0. The minimum Gasteiger partial charge on any atom is -0.339 e. The van der Waals surface area contributed by atoms with Crippen molar-refractivity contribution >= 4 is 17.6 Å². The minimum absolute atomic E-state index is 0.113. The lowest BCUT2D eigenvalue weighted by atomic mass is 9.88. The van der Waals surface area contributed by atoms with E-state index >= 15 is 0 Å². The summed E-state index contributed by atoms with van der Waals surface area (Å²) in [5.74, 6) is -1.32. The van der Waals surface area contributed by atoms with Crippen LogP contribution < -0.4 is 5.32 Å². The molecule has 3 rings (SSSR count). The zero-order chi connectivity index (χ0) is 17.8. The van der Waals surface area contributed by atoms with Gasteiger partial charge in [0, 0.05) is 32.1 Å². The molecule has 25 heavy (non-hydrogen) atoms. The van der Waals surface area contributed by atoms with E-state index in [1.807, 2.05) is 4.90 Å². The average molecular weight is 351 g/mol. The average Bonchev–Trinajstić information content (AvgIpc) is 2.65. The molecule has 1 aliphatic carbocycles. The zero-order valence-electron chi connectivity index (χ0n) is 14.1. The number of urea groups is 1. The second-order valence-corrected chi connectivity index (χ2v) is 6.67. The van der Waals surface area contributed by atoms with Gasteiger partial charge in [-0.1, -0.05) is 25.3 Å².